The Kier molecular flexibility index (Phi) is 5.57. The highest BCUT2D eigenvalue weighted by molar-refractivity contribution is 5.86. The van der Waals surface area contributed by atoms with Crippen molar-refractivity contribution >= 4 is 5.97 Å². The van der Waals surface area contributed by atoms with Crippen molar-refractivity contribution in [3.05, 3.63) is 23.2 Å². The number of furan rings is 1. The van der Waals surface area contributed by atoms with E-state index in [1.165, 1.54) is 0 Å². The Morgan fingerprint density at radius 2 is 2.05 bits per heavy atom. The summed E-state index contributed by atoms with van der Waals surface area (Å²) in [4.78, 5) is 10.9. The lowest BCUT2D eigenvalue weighted by Gasteiger charge is -2.29. The molecule has 5 heteroatoms. The minimum atomic E-state index is -1.05. The van der Waals surface area contributed by atoms with Gasteiger partial charge in [0, 0.05) is 24.1 Å². The second-order valence-corrected chi connectivity index (χ2v) is 5.00. The molecule has 0 aliphatic carbocycles. The minimum absolute atomic E-state index is 0.00351. The van der Waals surface area contributed by atoms with Gasteiger partial charge in [0.2, 0.25) is 5.76 Å². The first-order chi connectivity index (χ1) is 8.98. The highest BCUT2D eigenvalue weighted by Crippen LogP contribution is 2.24. The van der Waals surface area contributed by atoms with E-state index in [1.807, 2.05) is 0 Å². The fourth-order valence-corrected chi connectivity index (χ4v) is 2.08. The molecule has 0 unspecified atom stereocenters. The van der Waals surface area contributed by atoms with Crippen molar-refractivity contribution in [2.45, 2.75) is 40.2 Å². The average Bonchev–Trinajstić information content (AvgIpc) is 2.77. The van der Waals surface area contributed by atoms with Crippen LogP contribution in [0.3, 0.4) is 0 Å². The Bertz CT molecular complexity index is 413. The number of aromatic carboxylic acids is 1. The number of carboxylic acid groups (broad SMARTS) is 1. The predicted octanol–water partition coefficient (Wildman–Crippen LogP) is 2.17. The first-order valence-electron chi connectivity index (χ1n) is 6.62. The lowest BCUT2D eigenvalue weighted by atomic mass is 9.83. The van der Waals surface area contributed by atoms with Crippen molar-refractivity contribution in [2.24, 2.45) is 5.41 Å². The smallest absolute Gasteiger partial charge is 0.372 e. The summed E-state index contributed by atoms with van der Waals surface area (Å²) < 4.78 is 5.27. The summed E-state index contributed by atoms with van der Waals surface area (Å²) in [5, 5.41) is 21.6. The molecule has 0 spiro atoms. The van der Waals surface area contributed by atoms with Gasteiger partial charge >= 0.3 is 5.97 Å². The molecule has 0 saturated heterocycles. The van der Waals surface area contributed by atoms with Crippen molar-refractivity contribution in [3.63, 3.8) is 0 Å². The zero-order chi connectivity index (χ0) is 14.5. The Morgan fingerprint density at radius 3 is 2.47 bits per heavy atom. The van der Waals surface area contributed by atoms with Gasteiger partial charge in [0.25, 0.3) is 0 Å². The third kappa shape index (κ3) is 3.81. The number of hydrogen-bond donors (Lipinski definition) is 3. The van der Waals surface area contributed by atoms with Crippen LogP contribution in [-0.4, -0.2) is 29.3 Å². The third-order valence-corrected chi connectivity index (χ3v) is 3.80. The summed E-state index contributed by atoms with van der Waals surface area (Å²) in [5.41, 5.74) is 0.515. The number of carbonyl (C=O) groups is 1. The molecule has 0 radical (unpaired) electrons. The molecule has 0 aromatic carbocycles. The molecule has 0 atom stereocenters. The first kappa shape index (κ1) is 15.7. The highest BCUT2D eigenvalue weighted by Gasteiger charge is 2.24. The normalized spacial score (nSPS) is 11.8. The van der Waals surface area contributed by atoms with Crippen molar-refractivity contribution < 1.29 is 19.4 Å². The van der Waals surface area contributed by atoms with Crippen LogP contribution in [0.25, 0.3) is 0 Å². The van der Waals surface area contributed by atoms with Crippen LogP contribution in [-0.2, 0) is 6.54 Å². The SMILES string of the molecule is CCC(CC)(CO)CNCc1cc(C)c(C(=O)O)o1. The number of aryl methyl sites for hydroxylation is 1. The van der Waals surface area contributed by atoms with Gasteiger partial charge in [0.15, 0.2) is 0 Å². The summed E-state index contributed by atoms with van der Waals surface area (Å²) in [7, 11) is 0. The van der Waals surface area contributed by atoms with E-state index in [-0.39, 0.29) is 17.8 Å². The van der Waals surface area contributed by atoms with Crippen LogP contribution < -0.4 is 5.32 Å². The summed E-state index contributed by atoms with van der Waals surface area (Å²) in [6.07, 6.45) is 1.79. The van der Waals surface area contributed by atoms with Gasteiger partial charge in [-0.05, 0) is 25.8 Å². The molecule has 1 rings (SSSR count). The van der Waals surface area contributed by atoms with Gasteiger partial charge < -0.3 is 19.9 Å². The molecule has 1 heterocycles. The van der Waals surface area contributed by atoms with Crippen molar-refractivity contribution in [3.8, 4) is 0 Å². The average molecular weight is 269 g/mol. The maximum absolute atomic E-state index is 10.9. The van der Waals surface area contributed by atoms with E-state index in [1.54, 1.807) is 13.0 Å². The highest BCUT2D eigenvalue weighted by atomic mass is 16.4. The molecule has 5 nitrogen and oxygen atoms in total. The number of hydrogen-bond acceptors (Lipinski definition) is 4. The molecule has 0 bridgehead atoms. The van der Waals surface area contributed by atoms with Crippen molar-refractivity contribution in [1.82, 2.24) is 5.32 Å². The van der Waals surface area contributed by atoms with Crippen LogP contribution in [0.5, 0.6) is 0 Å². The zero-order valence-electron chi connectivity index (χ0n) is 11.8. The molecule has 0 fully saturated rings. The molecular formula is C14H23NO4. The topological polar surface area (TPSA) is 82.7 Å². The molecule has 0 saturated carbocycles. The van der Waals surface area contributed by atoms with E-state index in [9.17, 15) is 9.90 Å². The second kappa shape index (κ2) is 6.73. The number of nitrogens with one attached hydrogen (secondary N) is 1. The monoisotopic (exact) mass is 269 g/mol. The predicted molar refractivity (Wildman–Crippen MR) is 72.2 cm³/mol. The van der Waals surface area contributed by atoms with Gasteiger partial charge in [-0.25, -0.2) is 4.79 Å². The van der Waals surface area contributed by atoms with Gasteiger partial charge in [0.05, 0.1) is 6.54 Å². The summed E-state index contributed by atoms with van der Waals surface area (Å²) in [6, 6.07) is 1.73. The molecule has 108 valence electrons. The van der Waals surface area contributed by atoms with E-state index >= 15 is 0 Å². The molecule has 0 amide bonds. The van der Waals surface area contributed by atoms with Crippen molar-refractivity contribution in [2.75, 3.05) is 13.2 Å². The molecule has 19 heavy (non-hydrogen) atoms. The van der Waals surface area contributed by atoms with Crippen LogP contribution in [0.1, 0.15) is 48.6 Å². The van der Waals surface area contributed by atoms with E-state index in [2.05, 4.69) is 19.2 Å². The number of rotatable bonds is 8. The zero-order valence-corrected chi connectivity index (χ0v) is 11.8. The van der Waals surface area contributed by atoms with Crippen LogP contribution in [0.4, 0.5) is 0 Å². The molecule has 3 N–H and O–H groups in total. The van der Waals surface area contributed by atoms with Crippen LogP contribution in [0.15, 0.2) is 10.5 Å². The maximum atomic E-state index is 10.9. The summed E-state index contributed by atoms with van der Waals surface area (Å²) in [5.74, 6) is -0.444. The van der Waals surface area contributed by atoms with Crippen LogP contribution >= 0.6 is 0 Å². The van der Waals surface area contributed by atoms with Crippen LogP contribution in [0, 0.1) is 12.3 Å². The first-order valence-corrected chi connectivity index (χ1v) is 6.62. The van der Waals surface area contributed by atoms with E-state index in [4.69, 9.17) is 9.52 Å². The van der Waals surface area contributed by atoms with Crippen LogP contribution in [0.2, 0.25) is 0 Å². The van der Waals surface area contributed by atoms with Gasteiger partial charge in [-0.3, -0.25) is 0 Å². The molecular weight excluding hydrogens is 246 g/mol. The third-order valence-electron chi connectivity index (χ3n) is 3.80. The fourth-order valence-electron chi connectivity index (χ4n) is 2.08. The maximum Gasteiger partial charge on any atom is 0.372 e. The van der Waals surface area contributed by atoms with Crippen molar-refractivity contribution in [1.29, 1.82) is 0 Å². The Morgan fingerprint density at radius 1 is 1.42 bits per heavy atom. The summed E-state index contributed by atoms with van der Waals surface area (Å²) in [6.45, 7) is 7.12. The van der Waals surface area contributed by atoms with E-state index < -0.39 is 5.97 Å². The number of aliphatic hydroxyl groups is 1. The van der Waals surface area contributed by atoms with Gasteiger partial charge in [-0.15, -0.1) is 0 Å². The van der Waals surface area contributed by atoms with Gasteiger partial charge in [0.1, 0.15) is 5.76 Å². The lowest BCUT2D eigenvalue weighted by Crippen LogP contribution is -2.36. The molecule has 0 aliphatic rings. The number of carboxylic acids is 1. The molecule has 0 aliphatic heterocycles. The Balaban J connectivity index is 2.58. The minimum Gasteiger partial charge on any atom is -0.475 e. The Labute approximate surface area is 113 Å². The van der Waals surface area contributed by atoms with Gasteiger partial charge in [-0.2, -0.15) is 0 Å². The second-order valence-electron chi connectivity index (χ2n) is 5.00. The summed E-state index contributed by atoms with van der Waals surface area (Å²) >= 11 is 0. The van der Waals surface area contributed by atoms with E-state index in [0.717, 1.165) is 12.8 Å². The van der Waals surface area contributed by atoms with Gasteiger partial charge in [-0.1, -0.05) is 13.8 Å². The molecule has 1 aromatic heterocycles. The van der Waals surface area contributed by atoms with E-state index in [0.29, 0.717) is 24.4 Å². The lowest BCUT2D eigenvalue weighted by molar-refractivity contribution is 0.0658. The quantitative estimate of drug-likeness (QED) is 0.673. The Hall–Kier alpha value is -1.33. The fraction of sp³-hybridized carbons (Fsp3) is 0.643. The number of aliphatic hydroxyl groups excluding tert-OH is 1. The standard InChI is InChI=1S/C14H23NO4/c1-4-14(5-2,9-16)8-15-7-11-6-10(3)12(19-11)13(17)18/h6,15-16H,4-5,7-9H2,1-3H3,(H,17,18). The molecule has 1 aromatic rings. The largest absolute Gasteiger partial charge is 0.475 e.